The molecule has 9 heteroatoms. The fraction of sp³-hybridized carbons (Fsp3) is 0.389. The van der Waals surface area contributed by atoms with Crippen molar-refractivity contribution < 1.29 is 19.1 Å². The first-order valence-electron chi connectivity index (χ1n) is 8.64. The van der Waals surface area contributed by atoms with E-state index in [1.807, 2.05) is 0 Å². The van der Waals surface area contributed by atoms with E-state index in [2.05, 4.69) is 10.00 Å². The van der Waals surface area contributed by atoms with Crippen molar-refractivity contribution in [3.05, 3.63) is 52.6 Å². The highest BCUT2D eigenvalue weighted by atomic mass is 35.5. The maximum atomic E-state index is 13.9. The summed E-state index contributed by atoms with van der Waals surface area (Å²) in [6, 6.07) is 6.04. The quantitative estimate of drug-likeness (QED) is 0.811. The van der Waals surface area contributed by atoms with Crippen molar-refractivity contribution in [2.45, 2.75) is 19.5 Å². The van der Waals surface area contributed by atoms with Gasteiger partial charge >= 0.3 is 5.97 Å². The molecule has 2 aromatic rings. The first kappa shape index (κ1) is 19.3. The van der Waals surface area contributed by atoms with Gasteiger partial charge in [0.2, 0.25) is 5.91 Å². The normalized spacial score (nSPS) is 15.1. The first-order chi connectivity index (χ1) is 13.0. The summed E-state index contributed by atoms with van der Waals surface area (Å²) < 4.78 is 15.2. The standard InChI is InChI=1S/C18H20ClFN4O3/c19-14-2-1-3-15(20)13(14)12-22-8-10-23(11-9-22)17(25)5-7-24-16(18(26)27)4-6-21-24/h1-4,6H,5,7-12H2,(H,26,27). The number of halogens is 2. The lowest BCUT2D eigenvalue weighted by molar-refractivity contribution is -0.133. The number of aromatic carboxylic acids is 1. The Morgan fingerprint density at radius 3 is 2.59 bits per heavy atom. The third kappa shape index (κ3) is 4.64. The van der Waals surface area contributed by atoms with Crippen molar-refractivity contribution in [2.24, 2.45) is 0 Å². The predicted octanol–water partition coefficient (Wildman–Crippen LogP) is 2.11. The number of hydrogen-bond donors (Lipinski definition) is 1. The topological polar surface area (TPSA) is 78.7 Å². The van der Waals surface area contributed by atoms with E-state index in [1.165, 1.54) is 23.0 Å². The Kier molecular flexibility index (Phi) is 6.08. The van der Waals surface area contributed by atoms with E-state index in [0.29, 0.717) is 43.3 Å². The molecular weight excluding hydrogens is 375 g/mol. The van der Waals surface area contributed by atoms with Gasteiger partial charge in [0.1, 0.15) is 11.5 Å². The Labute approximate surface area is 160 Å². The summed E-state index contributed by atoms with van der Waals surface area (Å²) in [6.07, 6.45) is 1.58. The van der Waals surface area contributed by atoms with E-state index < -0.39 is 5.97 Å². The molecule has 1 aliphatic rings. The van der Waals surface area contributed by atoms with Gasteiger partial charge < -0.3 is 10.0 Å². The number of benzene rings is 1. The number of carbonyl (C=O) groups is 2. The van der Waals surface area contributed by atoms with Gasteiger partial charge in [-0.05, 0) is 18.2 Å². The molecule has 7 nitrogen and oxygen atoms in total. The molecular formula is C18H20ClFN4O3. The van der Waals surface area contributed by atoms with E-state index in [-0.39, 0.29) is 30.4 Å². The fourth-order valence-corrected chi connectivity index (χ4v) is 3.34. The van der Waals surface area contributed by atoms with Crippen LogP contribution in [-0.2, 0) is 17.9 Å². The van der Waals surface area contributed by atoms with Gasteiger partial charge in [-0.3, -0.25) is 14.4 Å². The molecule has 0 saturated carbocycles. The van der Waals surface area contributed by atoms with Gasteiger partial charge in [-0.15, -0.1) is 0 Å². The molecule has 0 spiro atoms. The number of amides is 1. The number of hydrogen-bond acceptors (Lipinski definition) is 4. The summed E-state index contributed by atoms with van der Waals surface area (Å²) in [5, 5.41) is 13.4. The lowest BCUT2D eigenvalue weighted by atomic mass is 10.1. The second-order valence-corrected chi connectivity index (χ2v) is 6.76. The first-order valence-corrected chi connectivity index (χ1v) is 9.01. The lowest BCUT2D eigenvalue weighted by Gasteiger charge is -2.35. The van der Waals surface area contributed by atoms with Crippen LogP contribution in [-0.4, -0.2) is 62.7 Å². The zero-order chi connectivity index (χ0) is 19.4. The molecule has 144 valence electrons. The molecule has 1 aromatic heterocycles. The van der Waals surface area contributed by atoms with E-state index in [4.69, 9.17) is 16.7 Å². The second kappa shape index (κ2) is 8.49. The fourth-order valence-electron chi connectivity index (χ4n) is 3.11. The molecule has 1 saturated heterocycles. The van der Waals surface area contributed by atoms with Crippen LogP contribution >= 0.6 is 11.6 Å². The van der Waals surface area contributed by atoms with Crippen LogP contribution in [0.25, 0.3) is 0 Å². The predicted molar refractivity (Wildman–Crippen MR) is 97.1 cm³/mol. The average Bonchev–Trinajstić information content (AvgIpc) is 3.12. The van der Waals surface area contributed by atoms with Crippen molar-refractivity contribution in [1.82, 2.24) is 19.6 Å². The molecule has 1 amide bonds. The van der Waals surface area contributed by atoms with E-state index in [0.717, 1.165) is 0 Å². The van der Waals surface area contributed by atoms with Gasteiger partial charge in [0, 0.05) is 55.9 Å². The summed E-state index contributed by atoms with van der Waals surface area (Å²) in [5.41, 5.74) is 0.535. The molecule has 0 aliphatic carbocycles. The Hall–Kier alpha value is -2.45. The van der Waals surface area contributed by atoms with Crippen molar-refractivity contribution in [1.29, 1.82) is 0 Å². The minimum atomic E-state index is -1.07. The highest BCUT2D eigenvalue weighted by Gasteiger charge is 2.23. The van der Waals surface area contributed by atoms with Crippen LogP contribution in [0.2, 0.25) is 5.02 Å². The maximum Gasteiger partial charge on any atom is 0.354 e. The Bertz CT molecular complexity index is 814. The summed E-state index contributed by atoms with van der Waals surface area (Å²) in [6.45, 7) is 2.95. The van der Waals surface area contributed by atoms with Crippen molar-refractivity contribution >= 4 is 23.5 Å². The summed E-state index contributed by atoms with van der Waals surface area (Å²) in [5.74, 6) is -1.44. The number of carbonyl (C=O) groups excluding carboxylic acids is 1. The van der Waals surface area contributed by atoms with Gasteiger partial charge in [-0.2, -0.15) is 5.10 Å². The molecule has 1 N–H and O–H groups in total. The molecule has 2 heterocycles. The smallest absolute Gasteiger partial charge is 0.354 e. The number of nitrogens with zero attached hydrogens (tertiary/aromatic N) is 4. The minimum Gasteiger partial charge on any atom is -0.477 e. The Morgan fingerprint density at radius 2 is 1.93 bits per heavy atom. The van der Waals surface area contributed by atoms with E-state index in [1.54, 1.807) is 17.0 Å². The minimum absolute atomic E-state index is 0.0505. The van der Waals surface area contributed by atoms with Crippen LogP contribution in [0.3, 0.4) is 0 Å². The number of aromatic nitrogens is 2. The Balaban J connectivity index is 1.49. The summed E-state index contributed by atoms with van der Waals surface area (Å²) >= 11 is 6.07. The molecule has 1 fully saturated rings. The molecule has 3 rings (SSSR count). The third-order valence-corrected chi connectivity index (χ3v) is 5.00. The monoisotopic (exact) mass is 394 g/mol. The number of carboxylic acids is 1. The SMILES string of the molecule is O=C(O)c1ccnn1CCC(=O)N1CCN(Cc2c(F)cccc2Cl)CC1. The number of piperazine rings is 1. The molecule has 27 heavy (non-hydrogen) atoms. The van der Waals surface area contributed by atoms with E-state index in [9.17, 15) is 14.0 Å². The van der Waals surface area contributed by atoms with Gasteiger partial charge in [-0.1, -0.05) is 17.7 Å². The average molecular weight is 395 g/mol. The van der Waals surface area contributed by atoms with Crippen LogP contribution in [0, 0.1) is 5.82 Å². The lowest BCUT2D eigenvalue weighted by Crippen LogP contribution is -2.48. The van der Waals surface area contributed by atoms with Gasteiger partial charge in [0.05, 0.1) is 6.54 Å². The van der Waals surface area contributed by atoms with Crippen LogP contribution in [0.5, 0.6) is 0 Å². The van der Waals surface area contributed by atoms with Gasteiger partial charge in [-0.25, -0.2) is 9.18 Å². The van der Waals surface area contributed by atoms with Crippen LogP contribution in [0.4, 0.5) is 4.39 Å². The molecule has 0 radical (unpaired) electrons. The van der Waals surface area contributed by atoms with Crippen molar-refractivity contribution in [3.8, 4) is 0 Å². The number of aryl methyl sites for hydroxylation is 1. The number of carboxylic acid groups (broad SMARTS) is 1. The zero-order valence-electron chi connectivity index (χ0n) is 14.6. The zero-order valence-corrected chi connectivity index (χ0v) is 15.4. The van der Waals surface area contributed by atoms with Crippen molar-refractivity contribution in [3.63, 3.8) is 0 Å². The molecule has 1 aromatic carbocycles. The highest BCUT2D eigenvalue weighted by Crippen LogP contribution is 2.21. The molecule has 0 bridgehead atoms. The van der Waals surface area contributed by atoms with Crippen LogP contribution in [0.1, 0.15) is 22.5 Å². The van der Waals surface area contributed by atoms with E-state index >= 15 is 0 Å². The molecule has 1 aliphatic heterocycles. The largest absolute Gasteiger partial charge is 0.477 e. The third-order valence-electron chi connectivity index (χ3n) is 4.64. The second-order valence-electron chi connectivity index (χ2n) is 6.35. The summed E-state index contributed by atoms with van der Waals surface area (Å²) in [7, 11) is 0. The van der Waals surface area contributed by atoms with Crippen LogP contribution < -0.4 is 0 Å². The van der Waals surface area contributed by atoms with Crippen LogP contribution in [0.15, 0.2) is 30.5 Å². The van der Waals surface area contributed by atoms with Gasteiger partial charge in [0.15, 0.2) is 0 Å². The Morgan fingerprint density at radius 1 is 1.19 bits per heavy atom. The van der Waals surface area contributed by atoms with Crippen molar-refractivity contribution in [2.75, 3.05) is 26.2 Å². The maximum absolute atomic E-state index is 13.9. The number of rotatable bonds is 6. The highest BCUT2D eigenvalue weighted by molar-refractivity contribution is 6.31. The molecule has 0 unspecified atom stereocenters. The summed E-state index contributed by atoms with van der Waals surface area (Å²) in [4.78, 5) is 27.2. The van der Waals surface area contributed by atoms with Gasteiger partial charge in [0.25, 0.3) is 0 Å². The molecule has 0 atom stereocenters.